The van der Waals surface area contributed by atoms with Crippen molar-refractivity contribution in [3.63, 3.8) is 0 Å². The Morgan fingerprint density at radius 1 is 0.483 bits per heavy atom. The molecule has 0 bridgehead atoms. The number of fused-ring (bicyclic) bond motifs is 13. The zero-order valence-electron chi connectivity index (χ0n) is 32.8. The molecule has 0 saturated heterocycles. The lowest BCUT2D eigenvalue weighted by Crippen LogP contribution is -2.60. The van der Waals surface area contributed by atoms with Crippen LogP contribution in [0.5, 0.6) is 0 Å². The third-order valence-corrected chi connectivity index (χ3v) is 16.2. The van der Waals surface area contributed by atoms with Crippen LogP contribution in [-0.2, 0) is 5.41 Å². The van der Waals surface area contributed by atoms with Gasteiger partial charge in [0.25, 0.3) is 6.71 Å². The summed E-state index contributed by atoms with van der Waals surface area (Å²) in [6.07, 6.45) is 13.4. The minimum absolute atomic E-state index is 0.142. The molecule has 0 amide bonds. The number of aromatic nitrogens is 2. The summed E-state index contributed by atoms with van der Waals surface area (Å²) in [4.78, 5) is 0. The lowest BCUT2D eigenvalue weighted by molar-refractivity contribution is 0.413. The maximum atomic E-state index is 2.92. The second-order valence-electron chi connectivity index (χ2n) is 18.7. The van der Waals surface area contributed by atoms with E-state index in [-0.39, 0.29) is 6.71 Å². The summed E-state index contributed by atoms with van der Waals surface area (Å²) in [7, 11) is 0. The molecule has 1 spiro atoms. The highest BCUT2D eigenvalue weighted by Gasteiger charge is 2.54. The average Bonchev–Trinajstić information content (AvgIpc) is 3.93. The molecule has 0 unspecified atom stereocenters. The first kappa shape index (κ1) is 31.2. The zero-order chi connectivity index (χ0) is 37.4. The van der Waals surface area contributed by atoms with E-state index in [0.717, 1.165) is 0 Å². The van der Waals surface area contributed by atoms with Gasteiger partial charge in [0, 0.05) is 44.3 Å². The Hall–Kier alpha value is -5.80. The van der Waals surface area contributed by atoms with Gasteiger partial charge in [-0.3, -0.25) is 0 Å². The molecule has 6 aliphatic rings. The summed E-state index contributed by atoms with van der Waals surface area (Å²) in [5, 5.41) is 7.21. The van der Waals surface area contributed by atoms with Crippen molar-refractivity contribution in [2.24, 2.45) is 0 Å². The topological polar surface area (TPSA) is 9.86 Å². The molecule has 3 aliphatic heterocycles. The van der Waals surface area contributed by atoms with Gasteiger partial charge in [0.05, 0.1) is 10.9 Å². The van der Waals surface area contributed by atoms with Crippen LogP contribution >= 0.6 is 0 Å². The van der Waals surface area contributed by atoms with Gasteiger partial charge in [0.2, 0.25) is 0 Å². The monoisotopic (exact) mass is 742 g/mol. The summed E-state index contributed by atoms with van der Waals surface area (Å²) in [5.74, 6) is 1.21. The van der Waals surface area contributed by atoms with E-state index >= 15 is 0 Å². The summed E-state index contributed by atoms with van der Waals surface area (Å²) in [6.45, 7) is 0.142. The minimum atomic E-state index is -0.418. The van der Waals surface area contributed by atoms with E-state index < -0.39 is 5.41 Å². The highest BCUT2D eigenvalue weighted by Crippen LogP contribution is 2.61. The van der Waals surface area contributed by atoms with E-state index in [1.807, 2.05) is 0 Å². The van der Waals surface area contributed by atoms with E-state index in [4.69, 9.17) is 0 Å². The number of para-hydroxylation sites is 2. The molecule has 3 heteroatoms. The Kier molecular flexibility index (Phi) is 5.83. The summed E-state index contributed by atoms with van der Waals surface area (Å²) in [5.41, 5.74) is 23.2. The maximum absolute atomic E-state index is 2.92. The third-order valence-electron chi connectivity index (χ3n) is 16.2. The molecule has 0 radical (unpaired) electrons. The van der Waals surface area contributed by atoms with Crippen molar-refractivity contribution >= 4 is 66.6 Å². The maximum Gasteiger partial charge on any atom is 0.252 e. The first-order chi connectivity index (χ1) is 28.8. The fraction of sp³-hybridized carbons (Fsp3) is 0.236. The van der Waals surface area contributed by atoms with Crippen LogP contribution in [0.1, 0.15) is 110 Å². The Morgan fingerprint density at radius 2 is 1.12 bits per heavy atom. The molecule has 2 nitrogen and oxygen atoms in total. The van der Waals surface area contributed by atoms with Gasteiger partial charge < -0.3 is 9.13 Å². The van der Waals surface area contributed by atoms with Crippen LogP contribution in [0.4, 0.5) is 0 Å². The SMILES string of the molecule is c1ccc2c(c1)-c1ccccc1C21c2ccc3c4c2-n2c5c(cccc5c5cccc1c52)B4c1cc2ccccc2c2c(C4CCCCC4)c(C4CCCCC4)n-3c12. The number of benzene rings is 7. The van der Waals surface area contributed by atoms with Gasteiger partial charge in [0.1, 0.15) is 0 Å². The lowest BCUT2D eigenvalue weighted by Gasteiger charge is -2.44. The van der Waals surface area contributed by atoms with Gasteiger partial charge in [-0.1, -0.05) is 160 Å². The van der Waals surface area contributed by atoms with Crippen molar-refractivity contribution in [1.29, 1.82) is 0 Å². The van der Waals surface area contributed by atoms with Gasteiger partial charge in [-0.2, -0.15) is 0 Å². The van der Waals surface area contributed by atoms with Gasteiger partial charge in [0.15, 0.2) is 0 Å². The number of hydrogen-bond acceptors (Lipinski definition) is 0. The van der Waals surface area contributed by atoms with Crippen LogP contribution in [0.25, 0.3) is 66.0 Å². The predicted octanol–water partition coefficient (Wildman–Crippen LogP) is 11.8. The average molecular weight is 743 g/mol. The highest BCUT2D eigenvalue weighted by molar-refractivity contribution is 7.00. The fourth-order valence-electron chi connectivity index (χ4n) is 14.3. The van der Waals surface area contributed by atoms with Gasteiger partial charge >= 0.3 is 0 Å². The molecule has 15 rings (SSSR count). The van der Waals surface area contributed by atoms with Gasteiger partial charge in [-0.05, 0) is 110 Å². The lowest BCUT2D eigenvalue weighted by atomic mass is 9.33. The molecule has 2 fully saturated rings. The molecule has 58 heavy (non-hydrogen) atoms. The van der Waals surface area contributed by atoms with Crippen molar-refractivity contribution in [1.82, 2.24) is 9.13 Å². The molecule has 9 aromatic rings. The Labute approximate surface area is 339 Å². The minimum Gasteiger partial charge on any atom is -0.314 e. The summed E-state index contributed by atoms with van der Waals surface area (Å²) >= 11 is 0. The number of nitrogens with zero attached hydrogens (tertiary/aromatic N) is 2. The zero-order valence-corrected chi connectivity index (χ0v) is 32.8. The van der Waals surface area contributed by atoms with E-state index in [0.29, 0.717) is 11.8 Å². The first-order valence-corrected chi connectivity index (χ1v) is 22.4. The van der Waals surface area contributed by atoms with Crippen LogP contribution in [-0.4, -0.2) is 15.8 Å². The second-order valence-corrected chi connectivity index (χ2v) is 18.7. The smallest absolute Gasteiger partial charge is 0.252 e. The molecule has 2 saturated carbocycles. The Bertz CT molecular complexity index is 3280. The third kappa shape index (κ3) is 3.43. The summed E-state index contributed by atoms with van der Waals surface area (Å²) < 4.78 is 5.68. The molecular weight excluding hydrogens is 699 g/mol. The number of rotatable bonds is 2. The van der Waals surface area contributed by atoms with Gasteiger partial charge in [-0.15, -0.1) is 0 Å². The van der Waals surface area contributed by atoms with Crippen LogP contribution in [0.2, 0.25) is 0 Å². The largest absolute Gasteiger partial charge is 0.314 e. The Balaban J connectivity index is 1.18. The van der Waals surface area contributed by atoms with E-state index in [1.165, 1.54) is 163 Å². The first-order valence-electron chi connectivity index (χ1n) is 22.4. The second kappa shape index (κ2) is 10.8. The molecule has 7 aromatic carbocycles. The van der Waals surface area contributed by atoms with Crippen molar-refractivity contribution < 1.29 is 0 Å². The van der Waals surface area contributed by atoms with Gasteiger partial charge in [-0.25, -0.2) is 0 Å². The van der Waals surface area contributed by atoms with Crippen LogP contribution in [0, 0.1) is 0 Å². The Morgan fingerprint density at radius 3 is 1.90 bits per heavy atom. The van der Waals surface area contributed by atoms with E-state index in [2.05, 4.69) is 137 Å². The molecule has 0 atom stereocenters. The normalized spacial score (nSPS) is 18.3. The molecular formula is C55H43BN2. The molecule has 3 aliphatic carbocycles. The van der Waals surface area contributed by atoms with E-state index in [1.54, 1.807) is 16.6 Å². The van der Waals surface area contributed by atoms with Crippen molar-refractivity contribution in [3.8, 4) is 22.5 Å². The molecule has 2 aromatic heterocycles. The highest BCUT2D eigenvalue weighted by atomic mass is 15.1. The van der Waals surface area contributed by atoms with Crippen molar-refractivity contribution in [3.05, 3.63) is 161 Å². The van der Waals surface area contributed by atoms with Crippen molar-refractivity contribution in [2.75, 3.05) is 0 Å². The fourth-order valence-corrected chi connectivity index (χ4v) is 14.3. The van der Waals surface area contributed by atoms with Crippen LogP contribution in [0.3, 0.4) is 0 Å². The standard InChI is InChI=1S/C55H43BN2/c1-3-15-32(16-4-1)47-48-35-20-8-7-19-34(35)31-45-54(48)57(50(47)33-17-5-2-6-18-33)46-30-29-43-53-49(46)56(45)44-28-14-24-39-38-23-13-27-42(51(38)58(53)52(39)44)55(43)40-25-11-9-21-36(40)37-22-10-12-26-41(37)55/h7-14,19-33H,1-6,15-18H2. The summed E-state index contributed by atoms with van der Waals surface area (Å²) in [6, 6.07) is 50.5. The van der Waals surface area contributed by atoms with E-state index in [9.17, 15) is 0 Å². The van der Waals surface area contributed by atoms with Crippen LogP contribution < -0.4 is 16.4 Å². The van der Waals surface area contributed by atoms with Crippen molar-refractivity contribution in [2.45, 2.75) is 81.5 Å². The quantitative estimate of drug-likeness (QED) is 0.156. The molecule has 0 N–H and O–H groups in total. The van der Waals surface area contributed by atoms with Crippen LogP contribution in [0.15, 0.2) is 127 Å². The molecule has 5 heterocycles. The molecule has 276 valence electrons. The predicted molar refractivity (Wildman–Crippen MR) is 242 cm³/mol. The number of hydrogen-bond donors (Lipinski definition) is 0.